The fraction of sp³-hybridized carbons (Fsp3) is 0.429. The number of pyridine rings is 1. The van der Waals surface area contributed by atoms with Crippen LogP contribution in [-0.2, 0) is 17.7 Å². The minimum Gasteiger partial charge on any atom is -0.379 e. The average molecular weight is 444 g/mol. The van der Waals surface area contributed by atoms with Crippen LogP contribution in [-0.4, -0.2) is 60.1 Å². The van der Waals surface area contributed by atoms with Gasteiger partial charge in [-0.15, -0.1) is 0 Å². The van der Waals surface area contributed by atoms with Crippen molar-refractivity contribution >= 4 is 16.7 Å². The highest BCUT2D eigenvalue weighted by atomic mass is 16.5. The molecule has 2 saturated heterocycles. The Hall–Kier alpha value is -2.76. The summed E-state index contributed by atoms with van der Waals surface area (Å²) < 4.78 is 5.94. The van der Waals surface area contributed by atoms with Gasteiger partial charge in [0.25, 0.3) is 5.91 Å². The van der Waals surface area contributed by atoms with Crippen molar-refractivity contribution in [1.82, 2.24) is 14.8 Å². The molecular formula is C28H33N3O2. The van der Waals surface area contributed by atoms with E-state index < -0.39 is 0 Å². The summed E-state index contributed by atoms with van der Waals surface area (Å²) in [5, 5.41) is 2.39. The lowest BCUT2D eigenvalue weighted by atomic mass is 9.96. The van der Waals surface area contributed by atoms with Gasteiger partial charge in [-0.05, 0) is 54.9 Å². The average Bonchev–Trinajstić information content (AvgIpc) is 3.10. The number of ether oxygens (including phenoxy) is 1. The highest BCUT2D eigenvalue weighted by molar-refractivity contribution is 5.95. The van der Waals surface area contributed by atoms with Crippen LogP contribution in [0.15, 0.2) is 60.9 Å². The van der Waals surface area contributed by atoms with Gasteiger partial charge in [0.2, 0.25) is 0 Å². The van der Waals surface area contributed by atoms with Crippen LogP contribution in [0.2, 0.25) is 0 Å². The number of amides is 1. The summed E-state index contributed by atoms with van der Waals surface area (Å²) in [5.74, 6) is 0.382. The molecule has 5 rings (SSSR count). The topological polar surface area (TPSA) is 45.7 Å². The standard InChI is InChI=1S/C28H33N3O2/c32-28(27-11-5-3-9-24(27)20-30-12-6-1-7-13-30)31-14-15-33-21-22(19-31)16-25-18-29-17-23-8-2-4-10-26(23)25/h2-5,8-11,17-18,22H,1,6-7,12-16,19-21H2. The van der Waals surface area contributed by atoms with Crippen molar-refractivity contribution in [3.63, 3.8) is 0 Å². The molecule has 1 unspecified atom stereocenters. The van der Waals surface area contributed by atoms with Crippen molar-refractivity contribution in [2.45, 2.75) is 32.2 Å². The van der Waals surface area contributed by atoms with Gasteiger partial charge in [-0.3, -0.25) is 14.7 Å². The molecule has 1 atom stereocenters. The van der Waals surface area contributed by atoms with Crippen molar-refractivity contribution < 1.29 is 9.53 Å². The number of fused-ring (bicyclic) bond motifs is 1. The minimum atomic E-state index is 0.133. The summed E-state index contributed by atoms with van der Waals surface area (Å²) >= 11 is 0. The Morgan fingerprint density at radius 1 is 0.939 bits per heavy atom. The van der Waals surface area contributed by atoms with E-state index in [0.29, 0.717) is 26.3 Å². The van der Waals surface area contributed by atoms with Gasteiger partial charge in [-0.1, -0.05) is 48.9 Å². The maximum Gasteiger partial charge on any atom is 0.254 e. The molecule has 172 valence electrons. The van der Waals surface area contributed by atoms with E-state index in [-0.39, 0.29) is 11.8 Å². The highest BCUT2D eigenvalue weighted by Crippen LogP contribution is 2.23. The second-order valence-electron chi connectivity index (χ2n) is 9.41. The molecular weight excluding hydrogens is 410 g/mol. The van der Waals surface area contributed by atoms with Gasteiger partial charge >= 0.3 is 0 Å². The van der Waals surface area contributed by atoms with E-state index in [1.165, 1.54) is 30.2 Å². The summed E-state index contributed by atoms with van der Waals surface area (Å²) in [4.78, 5) is 22.6. The number of likely N-dealkylation sites (tertiary alicyclic amines) is 1. The van der Waals surface area contributed by atoms with Gasteiger partial charge in [0.15, 0.2) is 0 Å². The summed E-state index contributed by atoms with van der Waals surface area (Å²) in [6.07, 6.45) is 8.56. The first kappa shape index (κ1) is 22.1. The SMILES string of the molecule is O=C(c1ccccc1CN1CCCCC1)N1CCOCC(Cc2cncc3ccccc23)C1. The monoisotopic (exact) mass is 443 g/mol. The van der Waals surface area contributed by atoms with Crippen LogP contribution < -0.4 is 0 Å². The van der Waals surface area contributed by atoms with Crippen LogP contribution in [0.25, 0.3) is 10.8 Å². The number of carbonyl (C=O) groups is 1. The molecule has 1 amide bonds. The van der Waals surface area contributed by atoms with Crippen LogP contribution in [0.3, 0.4) is 0 Å². The van der Waals surface area contributed by atoms with Crippen LogP contribution in [0.4, 0.5) is 0 Å². The van der Waals surface area contributed by atoms with E-state index in [0.717, 1.165) is 42.6 Å². The summed E-state index contributed by atoms with van der Waals surface area (Å²) in [6.45, 7) is 5.72. The predicted molar refractivity (Wildman–Crippen MR) is 131 cm³/mol. The van der Waals surface area contributed by atoms with Crippen LogP contribution in [0, 0.1) is 5.92 Å². The van der Waals surface area contributed by atoms with E-state index in [1.54, 1.807) is 0 Å². The summed E-state index contributed by atoms with van der Waals surface area (Å²) in [5.41, 5.74) is 3.21. The van der Waals surface area contributed by atoms with Crippen LogP contribution in [0.1, 0.15) is 40.7 Å². The molecule has 0 N–H and O–H groups in total. The molecule has 0 spiro atoms. The van der Waals surface area contributed by atoms with Crippen LogP contribution >= 0.6 is 0 Å². The maximum absolute atomic E-state index is 13.7. The molecule has 5 nitrogen and oxygen atoms in total. The number of nitrogens with zero attached hydrogens (tertiary/aromatic N) is 3. The third-order valence-electron chi connectivity index (χ3n) is 6.97. The lowest BCUT2D eigenvalue weighted by Crippen LogP contribution is -2.37. The van der Waals surface area contributed by atoms with Crippen molar-refractivity contribution in [2.24, 2.45) is 5.92 Å². The first-order chi connectivity index (χ1) is 16.3. The van der Waals surface area contributed by atoms with E-state index in [9.17, 15) is 4.79 Å². The molecule has 2 aromatic carbocycles. The van der Waals surface area contributed by atoms with Crippen molar-refractivity contribution in [3.8, 4) is 0 Å². The smallest absolute Gasteiger partial charge is 0.254 e. The number of piperidine rings is 1. The second-order valence-corrected chi connectivity index (χ2v) is 9.41. The Bertz CT molecular complexity index is 1090. The Morgan fingerprint density at radius 3 is 2.67 bits per heavy atom. The first-order valence-electron chi connectivity index (χ1n) is 12.3. The number of hydrogen-bond donors (Lipinski definition) is 0. The van der Waals surface area contributed by atoms with E-state index in [2.05, 4.69) is 40.2 Å². The predicted octanol–water partition coefficient (Wildman–Crippen LogP) is 4.55. The minimum absolute atomic E-state index is 0.133. The molecule has 2 aliphatic heterocycles. The fourth-order valence-corrected chi connectivity index (χ4v) is 5.24. The second kappa shape index (κ2) is 10.4. The Kier molecular flexibility index (Phi) is 6.98. The molecule has 5 heteroatoms. The fourth-order valence-electron chi connectivity index (χ4n) is 5.24. The third kappa shape index (κ3) is 5.26. The molecule has 3 aromatic rings. The number of rotatable bonds is 5. The molecule has 3 heterocycles. The highest BCUT2D eigenvalue weighted by Gasteiger charge is 2.26. The van der Waals surface area contributed by atoms with Gasteiger partial charge in [0.05, 0.1) is 13.2 Å². The number of benzene rings is 2. The van der Waals surface area contributed by atoms with Gasteiger partial charge in [0.1, 0.15) is 0 Å². The molecule has 2 aliphatic rings. The lowest BCUT2D eigenvalue weighted by molar-refractivity contribution is 0.0734. The molecule has 33 heavy (non-hydrogen) atoms. The van der Waals surface area contributed by atoms with Gasteiger partial charge < -0.3 is 9.64 Å². The van der Waals surface area contributed by atoms with E-state index >= 15 is 0 Å². The zero-order chi connectivity index (χ0) is 22.5. The zero-order valence-electron chi connectivity index (χ0n) is 19.3. The van der Waals surface area contributed by atoms with Gasteiger partial charge in [-0.25, -0.2) is 0 Å². The number of aromatic nitrogens is 1. The van der Waals surface area contributed by atoms with Crippen molar-refractivity contribution in [3.05, 3.63) is 77.6 Å². The normalized spacial score (nSPS) is 20.0. The van der Waals surface area contributed by atoms with Gasteiger partial charge in [0, 0.05) is 48.9 Å². The molecule has 0 saturated carbocycles. The quantitative estimate of drug-likeness (QED) is 0.580. The zero-order valence-corrected chi connectivity index (χ0v) is 19.3. The Balaban J connectivity index is 1.32. The van der Waals surface area contributed by atoms with Crippen molar-refractivity contribution in [2.75, 3.05) is 39.4 Å². The first-order valence-corrected chi connectivity index (χ1v) is 12.3. The maximum atomic E-state index is 13.7. The Labute approximate surface area is 196 Å². The number of carbonyl (C=O) groups excluding carboxylic acids is 1. The largest absolute Gasteiger partial charge is 0.379 e. The number of hydrogen-bond acceptors (Lipinski definition) is 4. The molecule has 0 bridgehead atoms. The lowest BCUT2D eigenvalue weighted by Gasteiger charge is -2.28. The molecule has 2 fully saturated rings. The molecule has 1 aromatic heterocycles. The summed E-state index contributed by atoms with van der Waals surface area (Å²) in [6, 6.07) is 16.5. The molecule has 0 radical (unpaired) electrons. The molecule has 0 aliphatic carbocycles. The summed E-state index contributed by atoms with van der Waals surface area (Å²) in [7, 11) is 0. The third-order valence-corrected chi connectivity index (χ3v) is 6.97. The Morgan fingerprint density at radius 2 is 1.76 bits per heavy atom. The van der Waals surface area contributed by atoms with E-state index in [1.807, 2.05) is 35.5 Å². The van der Waals surface area contributed by atoms with Crippen LogP contribution in [0.5, 0.6) is 0 Å². The van der Waals surface area contributed by atoms with E-state index in [4.69, 9.17) is 4.74 Å². The van der Waals surface area contributed by atoms with Crippen molar-refractivity contribution in [1.29, 1.82) is 0 Å². The van der Waals surface area contributed by atoms with Gasteiger partial charge in [-0.2, -0.15) is 0 Å².